The number of aryl methyl sites for hydroxylation is 1. The van der Waals surface area contributed by atoms with Crippen LogP contribution in [0.3, 0.4) is 0 Å². The maximum Gasteiger partial charge on any atom is 0.0668 e. The molecule has 1 fully saturated rings. The first-order valence-corrected chi connectivity index (χ1v) is 6.77. The minimum absolute atomic E-state index is 0.220. The van der Waals surface area contributed by atoms with Gasteiger partial charge in [0.25, 0.3) is 0 Å². The molecule has 2 rings (SSSR count). The second-order valence-electron chi connectivity index (χ2n) is 5.42. The van der Waals surface area contributed by atoms with Crippen LogP contribution in [-0.2, 0) is 11.2 Å². The highest BCUT2D eigenvalue weighted by Gasteiger charge is 2.20. The summed E-state index contributed by atoms with van der Waals surface area (Å²) in [6, 6.07) is 7.37. The summed E-state index contributed by atoms with van der Waals surface area (Å²) in [5, 5.41) is 0. The van der Waals surface area contributed by atoms with Gasteiger partial charge in [0, 0.05) is 24.3 Å². The van der Waals surface area contributed by atoms with Gasteiger partial charge >= 0.3 is 0 Å². The Morgan fingerprint density at radius 1 is 1.50 bits per heavy atom. The van der Waals surface area contributed by atoms with Crippen molar-refractivity contribution in [3.8, 4) is 0 Å². The molecule has 2 N–H and O–H groups in total. The Morgan fingerprint density at radius 3 is 2.89 bits per heavy atom. The van der Waals surface area contributed by atoms with Crippen LogP contribution in [0.15, 0.2) is 18.2 Å². The molecule has 2 unspecified atom stereocenters. The molecule has 1 aromatic carbocycles. The molecule has 1 heterocycles. The average molecular weight is 248 g/mol. The Morgan fingerprint density at radius 2 is 2.28 bits per heavy atom. The molecule has 0 spiro atoms. The maximum atomic E-state index is 5.85. The smallest absolute Gasteiger partial charge is 0.0668 e. The predicted molar refractivity (Wildman–Crippen MR) is 76.2 cm³/mol. The lowest BCUT2D eigenvalue weighted by atomic mass is 10.0. The molecule has 1 saturated heterocycles. The molecule has 0 bridgehead atoms. The van der Waals surface area contributed by atoms with Crippen LogP contribution in [-0.4, -0.2) is 31.8 Å². The number of rotatable bonds is 3. The second kappa shape index (κ2) is 5.72. The number of nitrogens with two attached hydrogens (primary N) is 1. The van der Waals surface area contributed by atoms with Crippen LogP contribution in [0.4, 0.5) is 5.69 Å². The molecular weight excluding hydrogens is 224 g/mol. The fourth-order valence-corrected chi connectivity index (χ4v) is 2.62. The van der Waals surface area contributed by atoms with Gasteiger partial charge in [0.05, 0.1) is 13.2 Å². The van der Waals surface area contributed by atoms with Gasteiger partial charge in [0.15, 0.2) is 0 Å². The molecule has 3 nitrogen and oxygen atoms in total. The van der Waals surface area contributed by atoms with Crippen LogP contribution in [0.2, 0.25) is 0 Å². The van der Waals surface area contributed by atoms with Gasteiger partial charge in [-0.2, -0.15) is 0 Å². The van der Waals surface area contributed by atoms with Crippen LogP contribution in [0.25, 0.3) is 0 Å². The summed E-state index contributed by atoms with van der Waals surface area (Å²) in [7, 11) is 0. The van der Waals surface area contributed by atoms with Crippen molar-refractivity contribution in [3.63, 3.8) is 0 Å². The summed E-state index contributed by atoms with van der Waals surface area (Å²) in [6.07, 6.45) is 0.944. The zero-order valence-electron chi connectivity index (χ0n) is 11.6. The van der Waals surface area contributed by atoms with E-state index in [-0.39, 0.29) is 6.04 Å². The van der Waals surface area contributed by atoms with Crippen molar-refractivity contribution in [3.05, 3.63) is 29.3 Å². The molecule has 1 aliphatic rings. The zero-order chi connectivity index (χ0) is 13.1. The standard InChI is InChI=1S/C15H24N2O/c1-11-8-14(9-12(2)16)4-5-15(11)17-6-7-18-10-13(17)3/h4-5,8,12-13H,6-7,9-10,16H2,1-3H3. The minimum atomic E-state index is 0.220. The largest absolute Gasteiger partial charge is 0.377 e. The van der Waals surface area contributed by atoms with Crippen molar-refractivity contribution in [1.29, 1.82) is 0 Å². The number of morpholine rings is 1. The predicted octanol–water partition coefficient (Wildman–Crippen LogP) is 2.11. The third-order valence-electron chi connectivity index (χ3n) is 3.50. The Bertz CT molecular complexity index is 403. The van der Waals surface area contributed by atoms with E-state index in [9.17, 15) is 0 Å². The Kier molecular flexibility index (Phi) is 4.25. The fraction of sp³-hybridized carbons (Fsp3) is 0.600. The monoisotopic (exact) mass is 248 g/mol. The minimum Gasteiger partial charge on any atom is -0.377 e. The Labute approximate surface area is 110 Å². The van der Waals surface area contributed by atoms with Crippen LogP contribution < -0.4 is 10.6 Å². The summed E-state index contributed by atoms with van der Waals surface area (Å²) >= 11 is 0. The van der Waals surface area contributed by atoms with Crippen molar-refractivity contribution in [2.75, 3.05) is 24.7 Å². The van der Waals surface area contributed by atoms with E-state index in [1.165, 1.54) is 16.8 Å². The normalized spacial score (nSPS) is 22.0. The molecular formula is C15H24N2O. The number of hydrogen-bond donors (Lipinski definition) is 1. The number of benzene rings is 1. The topological polar surface area (TPSA) is 38.5 Å². The Hall–Kier alpha value is -1.06. The van der Waals surface area contributed by atoms with E-state index in [0.29, 0.717) is 6.04 Å². The molecule has 18 heavy (non-hydrogen) atoms. The lowest BCUT2D eigenvalue weighted by Crippen LogP contribution is -2.44. The van der Waals surface area contributed by atoms with E-state index >= 15 is 0 Å². The molecule has 2 atom stereocenters. The summed E-state index contributed by atoms with van der Waals surface area (Å²) in [4.78, 5) is 2.44. The van der Waals surface area contributed by atoms with Crippen molar-refractivity contribution in [2.24, 2.45) is 5.73 Å². The third-order valence-corrected chi connectivity index (χ3v) is 3.50. The van der Waals surface area contributed by atoms with E-state index in [1.807, 2.05) is 6.92 Å². The molecule has 0 saturated carbocycles. The van der Waals surface area contributed by atoms with E-state index in [4.69, 9.17) is 10.5 Å². The van der Waals surface area contributed by atoms with Crippen molar-refractivity contribution in [1.82, 2.24) is 0 Å². The maximum absolute atomic E-state index is 5.85. The molecule has 0 aliphatic carbocycles. The van der Waals surface area contributed by atoms with Crippen molar-refractivity contribution >= 4 is 5.69 Å². The van der Waals surface area contributed by atoms with Gasteiger partial charge in [-0.1, -0.05) is 12.1 Å². The number of anilines is 1. The van der Waals surface area contributed by atoms with Crippen LogP contribution in [0.5, 0.6) is 0 Å². The first-order chi connectivity index (χ1) is 8.58. The highest BCUT2D eigenvalue weighted by Crippen LogP contribution is 2.25. The van der Waals surface area contributed by atoms with Gasteiger partial charge in [-0.3, -0.25) is 0 Å². The molecule has 0 radical (unpaired) electrons. The van der Waals surface area contributed by atoms with E-state index in [1.54, 1.807) is 0 Å². The summed E-state index contributed by atoms with van der Waals surface area (Å²) in [5.41, 5.74) is 9.84. The van der Waals surface area contributed by atoms with E-state index in [0.717, 1.165) is 26.2 Å². The zero-order valence-corrected chi connectivity index (χ0v) is 11.6. The highest BCUT2D eigenvalue weighted by atomic mass is 16.5. The van der Waals surface area contributed by atoms with Gasteiger partial charge in [0.1, 0.15) is 0 Å². The van der Waals surface area contributed by atoms with Crippen LogP contribution in [0.1, 0.15) is 25.0 Å². The first kappa shape index (κ1) is 13.4. The number of hydrogen-bond acceptors (Lipinski definition) is 3. The number of nitrogens with zero attached hydrogens (tertiary/aromatic N) is 1. The molecule has 100 valence electrons. The molecule has 0 aromatic heterocycles. The van der Waals surface area contributed by atoms with Gasteiger partial charge in [-0.25, -0.2) is 0 Å². The lowest BCUT2D eigenvalue weighted by molar-refractivity contribution is 0.0989. The third kappa shape index (κ3) is 3.03. The quantitative estimate of drug-likeness (QED) is 0.890. The molecule has 3 heteroatoms. The lowest BCUT2D eigenvalue weighted by Gasteiger charge is -2.36. The summed E-state index contributed by atoms with van der Waals surface area (Å²) < 4.78 is 5.49. The van der Waals surface area contributed by atoms with Gasteiger partial charge in [-0.15, -0.1) is 0 Å². The van der Waals surface area contributed by atoms with Crippen molar-refractivity contribution < 1.29 is 4.74 Å². The SMILES string of the molecule is Cc1cc(CC(C)N)ccc1N1CCOCC1C. The highest BCUT2D eigenvalue weighted by molar-refractivity contribution is 5.55. The summed E-state index contributed by atoms with van der Waals surface area (Å²) in [5.74, 6) is 0. The van der Waals surface area contributed by atoms with Gasteiger partial charge < -0.3 is 15.4 Å². The van der Waals surface area contributed by atoms with Crippen LogP contribution in [0, 0.1) is 6.92 Å². The van der Waals surface area contributed by atoms with Gasteiger partial charge in [-0.05, 0) is 44.4 Å². The second-order valence-corrected chi connectivity index (χ2v) is 5.42. The Balaban J connectivity index is 2.18. The van der Waals surface area contributed by atoms with E-state index in [2.05, 4.69) is 36.9 Å². The van der Waals surface area contributed by atoms with Crippen LogP contribution >= 0.6 is 0 Å². The first-order valence-electron chi connectivity index (χ1n) is 6.77. The van der Waals surface area contributed by atoms with Gasteiger partial charge in [0.2, 0.25) is 0 Å². The fourth-order valence-electron chi connectivity index (χ4n) is 2.62. The average Bonchev–Trinajstić information content (AvgIpc) is 2.30. The molecule has 1 aromatic rings. The van der Waals surface area contributed by atoms with E-state index < -0.39 is 0 Å². The number of ether oxygens (including phenoxy) is 1. The molecule has 1 aliphatic heterocycles. The summed E-state index contributed by atoms with van der Waals surface area (Å²) in [6.45, 7) is 9.07. The molecule has 0 amide bonds. The van der Waals surface area contributed by atoms with Crippen molar-refractivity contribution in [2.45, 2.75) is 39.3 Å².